The maximum atomic E-state index is 4.75. The van der Waals surface area contributed by atoms with Gasteiger partial charge in [0.15, 0.2) is 0 Å². The van der Waals surface area contributed by atoms with E-state index in [2.05, 4.69) is 73.4 Å². The second kappa shape index (κ2) is 4.91. The Morgan fingerprint density at radius 2 is 1.76 bits per heavy atom. The Morgan fingerprint density at radius 3 is 2.68 bits per heavy atom. The Labute approximate surface area is 147 Å². The van der Waals surface area contributed by atoms with E-state index in [4.69, 9.17) is 4.98 Å². The molecule has 0 amide bonds. The molecule has 4 aromatic rings. The van der Waals surface area contributed by atoms with Crippen molar-refractivity contribution < 1.29 is 0 Å². The maximum Gasteiger partial charge on any atom is 0.139 e. The molecule has 2 nitrogen and oxygen atoms in total. The molecule has 0 aliphatic heterocycles. The Morgan fingerprint density at radius 1 is 0.920 bits per heavy atom. The fourth-order valence-electron chi connectivity index (χ4n) is 3.85. The van der Waals surface area contributed by atoms with Crippen molar-refractivity contribution in [1.82, 2.24) is 9.97 Å². The molecule has 3 aromatic carbocycles. The first kappa shape index (κ1) is 14.2. The van der Waals surface area contributed by atoms with E-state index >= 15 is 0 Å². The summed E-state index contributed by atoms with van der Waals surface area (Å²) in [5, 5.41) is 0. The molecule has 0 radical (unpaired) electrons. The van der Waals surface area contributed by atoms with Crippen molar-refractivity contribution in [2.24, 2.45) is 0 Å². The summed E-state index contributed by atoms with van der Waals surface area (Å²) < 4.78 is 0. The van der Waals surface area contributed by atoms with Crippen LogP contribution in [0.3, 0.4) is 0 Å². The van der Waals surface area contributed by atoms with Crippen LogP contribution in [0.5, 0.6) is 0 Å². The lowest BCUT2D eigenvalue weighted by Crippen LogP contribution is -2.14. The van der Waals surface area contributed by atoms with Gasteiger partial charge in [-0.25, -0.2) is 9.97 Å². The summed E-state index contributed by atoms with van der Waals surface area (Å²) in [6, 6.07) is 25.0. The van der Waals surface area contributed by atoms with E-state index < -0.39 is 0 Å². The quantitative estimate of drug-likeness (QED) is 0.481. The molecular weight excluding hydrogens is 304 g/mol. The predicted octanol–water partition coefficient (Wildman–Crippen LogP) is 5.20. The van der Waals surface area contributed by atoms with Gasteiger partial charge >= 0.3 is 0 Å². The summed E-state index contributed by atoms with van der Waals surface area (Å²) in [5.74, 6) is 0. The molecule has 1 heterocycles. The van der Waals surface area contributed by atoms with Crippen LogP contribution in [0, 0.1) is 12.1 Å². The number of rotatable bonds is 1. The van der Waals surface area contributed by atoms with Gasteiger partial charge < -0.3 is 0 Å². The van der Waals surface area contributed by atoms with Crippen LogP contribution in [0.2, 0.25) is 0 Å². The molecule has 0 fully saturated rings. The molecule has 0 N–H and O–H groups in total. The van der Waals surface area contributed by atoms with E-state index in [0.717, 1.165) is 22.3 Å². The molecule has 0 spiro atoms. The third kappa shape index (κ3) is 1.99. The van der Waals surface area contributed by atoms with Gasteiger partial charge in [-0.1, -0.05) is 56.3 Å². The van der Waals surface area contributed by atoms with E-state index in [-0.39, 0.29) is 5.41 Å². The molecule has 1 aromatic heterocycles. The zero-order valence-electron chi connectivity index (χ0n) is 14.2. The molecule has 118 valence electrons. The lowest BCUT2D eigenvalue weighted by Gasteiger charge is -2.21. The third-order valence-electron chi connectivity index (χ3n) is 5.19. The van der Waals surface area contributed by atoms with Crippen LogP contribution in [0.25, 0.3) is 33.4 Å². The van der Waals surface area contributed by atoms with E-state index in [1.807, 2.05) is 18.3 Å². The first-order valence-corrected chi connectivity index (χ1v) is 8.44. The van der Waals surface area contributed by atoms with Gasteiger partial charge in [0.25, 0.3) is 0 Å². The maximum absolute atomic E-state index is 4.75. The summed E-state index contributed by atoms with van der Waals surface area (Å²) in [6.45, 7) is 4.58. The van der Waals surface area contributed by atoms with Crippen molar-refractivity contribution in [1.29, 1.82) is 0 Å². The minimum atomic E-state index is -0.00501. The molecule has 0 saturated carbocycles. The normalized spacial score (nSPS) is 14.0. The van der Waals surface area contributed by atoms with Gasteiger partial charge in [0, 0.05) is 11.0 Å². The van der Waals surface area contributed by atoms with Crippen LogP contribution in [0.15, 0.2) is 60.8 Å². The van der Waals surface area contributed by atoms with Gasteiger partial charge in [-0.15, -0.1) is 0 Å². The molecule has 0 saturated heterocycles. The van der Waals surface area contributed by atoms with Crippen molar-refractivity contribution in [2.75, 3.05) is 0 Å². The van der Waals surface area contributed by atoms with Gasteiger partial charge in [-0.3, -0.25) is 0 Å². The summed E-state index contributed by atoms with van der Waals surface area (Å²) >= 11 is 0. The standard InChI is InChI=1S/C23H16N2/c1-23(2)18-8-4-3-7-16(18)17-12-11-15(13-19(17)23)22-14-24-20-9-5-6-10-21(20)25-22/h3-4,6-8,10-14H,1-2H3. The van der Waals surface area contributed by atoms with Crippen LogP contribution in [0.1, 0.15) is 25.0 Å². The second-order valence-corrected chi connectivity index (χ2v) is 7.02. The van der Waals surface area contributed by atoms with Gasteiger partial charge in [-0.2, -0.15) is 0 Å². The molecule has 1 aliphatic rings. The van der Waals surface area contributed by atoms with Gasteiger partial charge in [0.1, 0.15) is 5.52 Å². The largest absolute Gasteiger partial charge is 0.244 e. The number of hydrogen-bond donors (Lipinski definition) is 0. The van der Waals surface area contributed by atoms with Crippen molar-refractivity contribution in [3.8, 4) is 22.4 Å². The fraction of sp³-hybridized carbons (Fsp3) is 0.130. The molecule has 2 heteroatoms. The number of hydrogen-bond acceptors (Lipinski definition) is 2. The molecular formula is C23H16N2. The van der Waals surface area contributed by atoms with E-state index in [1.54, 1.807) is 0 Å². The Kier molecular flexibility index (Phi) is 2.79. The van der Waals surface area contributed by atoms with E-state index in [9.17, 15) is 0 Å². The third-order valence-corrected chi connectivity index (χ3v) is 5.19. The van der Waals surface area contributed by atoms with E-state index in [1.165, 1.54) is 22.3 Å². The Balaban J connectivity index is 1.69. The van der Waals surface area contributed by atoms with Gasteiger partial charge in [-0.05, 0) is 46.5 Å². The first-order valence-electron chi connectivity index (χ1n) is 8.44. The van der Waals surface area contributed by atoms with Crippen molar-refractivity contribution in [3.05, 3.63) is 84.1 Å². The number of benzene rings is 2. The minimum Gasteiger partial charge on any atom is -0.244 e. The predicted molar refractivity (Wildman–Crippen MR) is 100 cm³/mol. The summed E-state index contributed by atoms with van der Waals surface area (Å²) in [7, 11) is 0. The monoisotopic (exact) mass is 320 g/mol. The highest BCUT2D eigenvalue weighted by atomic mass is 14.8. The number of aromatic nitrogens is 2. The molecule has 5 rings (SSSR count). The van der Waals surface area contributed by atoms with Crippen molar-refractivity contribution >= 4 is 11.0 Å². The Bertz CT molecular complexity index is 1130. The van der Waals surface area contributed by atoms with Crippen LogP contribution < -0.4 is 0 Å². The summed E-state index contributed by atoms with van der Waals surface area (Å²) in [4.78, 5) is 9.23. The molecule has 1 aliphatic carbocycles. The first-order chi connectivity index (χ1) is 12.1. The number of fused-ring (bicyclic) bond motifs is 4. The van der Waals surface area contributed by atoms with Gasteiger partial charge in [0.2, 0.25) is 0 Å². The highest BCUT2D eigenvalue weighted by Crippen LogP contribution is 2.49. The average Bonchev–Trinajstić information content (AvgIpc) is 2.89. The van der Waals surface area contributed by atoms with Crippen LogP contribution in [-0.2, 0) is 5.41 Å². The number of nitrogens with zero attached hydrogens (tertiary/aromatic N) is 2. The molecule has 0 unspecified atom stereocenters. The van der Waals surface area contributed by atoms with Crippen LogP contribution in [0.4, 0.5) is 0 Å². The minimum absolute atomic E-state index is 0.00501. The summed E-state index contributed by atoms with van der Waals surface area (Å²) in [5.41, 5.74) is 8.97. The lowest BCUT2D eigenvalue weighted by molar-refractivity contribution is 0.660. The van der Waals surface area contributed by atoms with Crippen LogP contribution in [-0.4, -0.2) is 9.97 Å². The lowest BCUT2D eigenvalue weighted by atomic mass is 9.82. The summed E-state index contributed by atoms with van der Waals surface area (Å²) in [6.07, 6.45) is 1.82. The molecule has 0 atom stereocenters. The van der Waals surface area contributed by atoms with E-state index in [0.29, 0.717) is 0 Å². The van der Waals surface area contributed by atoms with Crippen LogP contribution >= 0.6 is 0 Å². The highest BCUT2D eigenvalue weighted by molar-refractivity contribution is 5.83. The highest BCUT2D eigenvalue weighted by Gasteiger charge is 2.35. The Hall–Kier alpha value is -3.18. The fourth-order valence-corrected chi connectivity index (χ4v) is 3.85. The van der Waals surface area contributed by atoms with Crippen molar-refractivity contribution in [2.45, 2.75) is 19.3 Å². The second-order valence-electron chi connectivity index (χ2n) is 7.02. The zero-order chi connectivity index (χ0) is 17.0. The zero-order valence-corrected chi connectivity index (χ0v) is 14.2. The SMILES string of the molecule is CC1(C)c2ccccc2-c2ccc(-c3cnc4c#cccc4n3)cc21. The smallest absolute Gasteiger partial charge is 0.139 e. The molecule has 0 bridgehead atoms. The van der Waals surface area contributed by atoms with Gasteiger partial charge in [0.05, 0.1) is 17.4 Å². The topological polar surface area (TPSA) is 25.8 Å². The molecule has 25 heavy (non-hydrogen) atoms. The van der Waals surface area contributed by atoms with Crippen molar-refractivity contribution in [3.63, 3.8) is 0 Å². The average molecular weight is 320 g/mol.